The molecule has 4 nitrogen and oxygen atoms in total. The van der Waals surface area contributed by atoms with E-state index in [4.69, 9.17) is 4.74 Å². The molecule has 0 radical (unpaired) electrons. The molecular formula is C17H18O4W. The summed E-state index contributed by atoms with van der Waals surface area (Å²) in [6, 6.07) is 14.4. The zero-order chi connectivity index (χ0) is 15.5. The van der Waals surface area contributed by atoms with E-state index in [9.17, 15) is 9.90 Å². The average Bonchev–Trinajstić information content (AvgIpc) is 2.48. The number of phenols is 1. The number of aromatic hydroxyl groups is 1. The fourth-order valence-corrected chi connectivity index (χ4v) is 2.12. The molecule has 0 amide bonds. The molecule has 0 bridgehead atoms. The Kier molecular flexibility index (Phi) is 6.19. The molecule has 0 aliphatic rings. The molecule has 2 aromatic carbocycles. The van der Waals surface area contributed by atoms with Gasteiger partial charge in [-0.2, -0.15) is 0 Å². The fourth-order valence-electron chi connectivity index (χ4n) is 2.12. The minimum Gasteiger partial charge on any atom is -0.508 e. The molecule has 0 spiro atoms. The molecule has 1 N–H and O–H groups in total. The van der Waals surface area contributed by atoms with Gasteiger partial charge < -0.3 is 14.6 Å². The van der Waals surface area contributed by atoms with Gasteiger partial charge in [-0.25, -0.2) is 4.79 Å². The third-order valence-corrected chi connectivity index (χ3v) is 3.53. The summed E-state index contributed by atoms with van der Waals surface area (Å²) >= 11 is 0. The topological polar surface area (TPSA) is 55.8 Å². The Bertz CT molecular complexity index is 618. The van der Waals surface area contributed by atoms with E-state index in [1.165, 1.54) is 7.11 Å². The monoisotopic (exact) mass is 470 g/mol. The molecule has 0 aliphatic carbocycles. The summed E-state index contributed by atoms with van der Waals surface area (Å²) in [5.74, 6) is 0.684. The van der Waals surface area contributed by atoms with Crippen molar-refractivity contribution in [3.8, 4) is 11.5 Å². The molecule has 0 saturated carbocycles. The fraction of sp³-hybridized carbons (Fsp3) is 0.235. The second-order valence-electron chi connectivity index (χ2n) is 5.25. The maximum absolute atomic E-state index is 11.0. The normalized spacial score (nSPS) is 10.5. The van der Waals surface area contributed by atoms with E-state index in [-0.39, 0.29) is 32.2 Å². The van der Waals surface area contributed by atoms with Crippen LogP contribution < -0.4 is 4.74 Å². The van der Waals surface area contributed by atoms with Gasteiger partial charge in [0.1, 0.15) is 11.5 Å². The number of rotatable bonds is 3. The van der Waals surface area contributed by atoms with E-state index in [0.717, 1.165) is 11.1 Å². The molecule has 0 aromatic heterocycles. The van der Waals surface area contributed by atoms with Crippen LogP contribution in [0, 0.1) is 0 Å². The van der Waals surface area contributed by atoms with Crippen LogP contribution in [0.15, 0.2) is 48.5 Å². The molecule has 2 rings (SSSR count). The predicted molar refractivity (Wildman–Crippen MR) is 79.7 cm³/mol. The van der Waals surface area contributed by atoms with Crippen molar-refractivity contribution >= 4 is 6.16 Å². The summed E-state index contributed by atoms with van der Waals surface area (Å²) in [6.07, 6.45) is -0.736. The van der Waals surface area contributed by atoms with Gasteiger partial charge >= 0.3 is 6.16 Å². The van der Waals surface area contributed by atoms with Crippen molar-refractivity contribution < 1.29 is 40.4 Å². The summed E-state index contributed by atoms with van der Waals surface area (Å²) in [6.45, 7) is 4.19. The Hall–Kier alpha value is -1.80. The first-order valence-corrected chi connectivity index (χ1v) is 6.59. The van der Waals surface area contributed by atoms with E-state index >= 15 is 0 Å². The van der Waals surface area contributed by atoms with Crippen LogP contribution in [0.1, 0.15) is 25.0 Å². The van der Waals surface area contributed by atoms with Crippen LogP contribution in [0.4, 0.5) is 4.79 Å². The van der Waals surface area contributed by atoms with Crippen molar-refractivity contribution in [2.75, 3.05) is 7.11 Å². The predicted octanol–water partition coefficient (Wildman–Crippen LogP) is 3.86. The maximum Gasteiger partial charge on any atom is 0.513 e. The summed E-state index contributed by atoms with van der Waals surface area (Å²) < 4.78 is 9.41. The zero-order valence-corrected chi connectivity index (χ0v) is 15.6. The standard InChI is InChI=1S/C17H18O4.W/c1-17(2,12-4-8-14(18)9-5-12)13-6-10-15(11-7-13)21-16(19)20-3;/h4-11,18H,1-3H3;. The van der Waals surface area contributed by atoms with Crippen molar-refractivity contribution in [2.24, 2.45) is 0 Å². The van der Waals surface area contributed by atoms with E-state index in [0.29, 0.717) is 5.75 Å². The molecule has 0 atom stereocenters. The van der Waals surface area contributed by atoms with Gasteiger partial charge in [-0.15, -0.1) is 0 Å². The second-order valence-corrected chi connectivity index (χ2v) is 5.25. The van der Waals surface area contributed by atoms with Crippen LogP contribution in [-0.2, 0) is 31.2 Å². The minimum absolute atomic E-state index is 0. The molecule has 22 heavy (non-hydrogen) atoms. The molecule has 2 aromatic rings. The number of carbonyl (C=O) groups is 1. The van der Waals surface area contributed by atoms with E-state index in [1.54, 1.807) is 24.3 Å². The van der Waals surface area contributed by atoms with Gasteiger partial charge in [0.25, 0.3) is 0 Å². The van der Waals surface area contributed by atoms with Crippen molar-refractivity contribution in [1.29, 1.82) is 0 Å². The third-order valence-electron chi connectivity index (χ3n) is 3.53. The summed E-state index contributed by atoms with van der Waals surface area (Å²) in [7, 11) is 1.27. The van der Waals surface area contributed by atoms with Crippen molar-refractivity contribution in [3.63, 3.8) is 0 Å². The SMILES string of the molecule is COC(=O)Oc1ccc(C(C)(C)c2ccc(O)cc2)cc1.[W]. The second kappa shape index (κ2) is 7.46. The van der Waals surface area contributed by atoms with Crippen molar-refractivity contribution in [2.45, 2.75) is 19.3 Å². The van der Waals surface area contributed by atoms with Crippen LogP contribution in [0.25, 0.3) is 0 Å². The first kappa shape index (κ1) is 18.2. The number of carbonyl (C=O) groups excluding carboxylic acids is 1. The molecule has 0 saturated heterocycles. The third kappa shape index (κ3) is 4.11. The van der Waals surface area contributed by atoms with Crippen molar-refractivity contribution in [1.82, 2.24) is 0 Å². The van der Waals surface area contributed by atoms with Crippen LogP contribution in [0.2, 0.25) is 0 Å². The van der Waals surface area contributed by atoms with Crippen LogP contribution in [0.3, 0.4) is 0 Å². The molecular weight excluding hydrogens is 452 g/mol. The van der Waals surface area contributed by atoms with Crippen molar-refractivity contribution in [3.05, 3.63) is 59.7 Å². The molecule has 0 unspecified atom stereocenters. The van der Waals surface area contributed by atoms with Gasteiger partial charge in [0.05, 0.1) is 7.11 Å². The largest absolute Gasteiger partial charge is 0.513 e. The van der Waals surface area contributed by atoms with Gasteiger partial charge in [0, 0.05) is 26.5 Å². The number of methoxy groups -OCH3 is 1. The Labute approximate surface area is 144 Å². The van der Waals surface area contributed by atoms with Gasteiger partial charge in [0.15, 0.2) is 0 Å². The molecule has 0 aliphatic heterocycles. The molecule has 5 heteroatoms. The number of hydrogen-bond acceptors (Lipinski definition) is 4. The number of phenolic OH excluding ortho intramolecular Hbond substituents is 1. The van der Waals surface area contributed by atoms with Crippen LogP contribution in [-0.4, -0.2) is 18.4 Å². The van der Waals surface area contributed by atoms with Crippen LogP contribution >= 0.6 is 0 Å². The molecule has 0 heterocycles. The smallest absolute Gasteiger partial charge is 0.508 e. The summed E-state index contributed by atoms with van der Waals surface area (Å²) in [5, 5.41) is 9.38. The minimum atomic E-state index is -0.736. The van der Waals surface area contributed by atoms with Gasteiger partial charge in [-0.3, -0.25) is 0 Å². The van der Waals surface area contributed by atoms with E-state index < -0.39 is 6.16 Å². The average molecular weight is 470 g/mol. The summed E-state index contributed by atoms with van der Waals surface area (Å²) in [4.78, 5) is 11.0. The van der Waals surface area contributed by atoms with Crippen LogP contribution in [0.5, 0.6) is 11.5 Å². The first-order valence-electron chi connectivity index (χ1n) is 6.59. The number of hydrogen-bond donors (Lipinski definition) is 1. The Morgan fingerprint density at radius 1 is 0.955 bits per heavy atom. The Balaban J connectivity index is 0.00000242. The van der Waals surface area contributed by atoms with Gasteiger partial charge in [-0.1, -0.05) is 38.1 Å². The molecule has 116 valence electrons. The first-order chi connectivity index (χ1) is 9.93. The van der Waals surface area contributed by atoms with E-state index in [2.05, 4.69) is 18.6 Å². The van der Waals surface area contributed by atoms with Gasteiger partial charge in [-0.05, 0) is 35.4 Å². The molecule has 0 fully saturated rings. The summed E-state index contributed by atoms with van der Waals surface area (Å²) in [5.41, 5.74) is 1.93. The maximum atomic E-state index is 11.0. The number of ether oxygens (including phenoxy) is 2. The van der Waals surface area contributed by atoms with Gasteiger partial charge in [0.2, 0.25) is 0 Å². The number of benzene rings is 2. The van der Waals surface area contributed by atoms with E-state index in [1.807, 2.05) is 24.3 Å². The zero-order valence-electron chi connectivity index (χ0n) is 12.7. The Morgan fingerprint density at radius 2 is 1.41 bits per heavy atom. The Morgan fingerprint density at radius 3 is 1.86 bits per heavy atom. The quantitative estimate of drug-likeness (QED) is 0.547.